The van der Waals surface area contributed by atoms with Gasteiger partial charge in [-0.05, 0) is 28.3 Å². The van der Waals surface area contributed by atoms with E-state index in [0.29, 0.717) is 0 Å². The van der Waals surface area contributed by atoms with Crippen molar-refractivity contribution < 1.29 is 24.1 Å². The molecule has 0 fully saturated rings. The minimum absolute atomic E-state index is 0.0212. The molecule has 2 aromatic carbocycles. The Bertz CT molecular complexity index is 1060. The molecule has 0 aliphatic heterocycles. The second kappa shape index (κ2) is 9.01. The van der Waals surface area contributed by atoms with Gasteiger partial charge in [-0.25, -0.2) is 14.2 Å². The van der Waals surface area contributed by atoms with E-state index in [1.807, 2.05) is 48.5 Å². The van der Waals surface area contributed by atoms with Gasteiger partial charge in [0.2, 0.25) is 0 Å². The highest BCUT2D eigenvalue weighted by Crippen LogP contribution is 2.44. The first-order chi connectivity index (χ1) is 15.0. The number of halogens is 2. The largest absolute Gasteiger partial charge is 0.449 e. The molecule has 1 aromatic heterocycles. The fraction of sp³-hybridized carbons (Fsp3) is 0.217. The normalized spacial score (nSPS) is 14.5. The van der Waals surface area contributed by atoms with E-state index in [1.165, 1.54) is 0 Å². The Kier molecular flexibility index (Phi) is 6.18. The average Bonchev–Trinajstić information content (AvgIpc) is 3.11. The van der Waals surface area contributed by atoms with Crippen LogP contribution in [0.1, 0.15) is 28.7 Å². The predicted molar refractivity (Wildman–Crippen MR) is 113 cm³/mol. The minimum atomic E-state index is -1.59. The lowest BCUT2D eigenvalue weighted by Gasteiger charge is -2.19. The van der Waals surface area contributed by atoms with Crippen molar-refractivity contribution in [1.29, 1.82) is 0 Å². The van der Waals surface area contributed by atoms with Gasteiger partial charge in [0, 0.05) is 18.0 Å². The Balaban J connectivity index is 1.35. The van der Waals surface area contributed by atoms with Crippen LogP contribution in [0.5, 0.6) is 0 Å². The molecule has 8 heteroatoms. The van der Waals surface area contributed by atoms with E-state index in [1.54, 1.807) is 0 Å². The van der Waals surface area contributed by atoms with Gasteiger partial charge in [0.05, 0.1) is 6.20 Å². The highest BCUT2D eigenvalue weighted by Gasteiger charge is 2.29. The van der Waals surface area contributed by atoms with Gasteiger partial charge in [-0.15, -0.1) is 0 Å². The number of amides is 1. The number of carbonyl (C=O) groups excluding carboxylic acids is 1. The van der Waals surface area contributed by atoms with Gasteiger partial charge in [-0.1, -0.05) is 60.1 Å². The average molecular weight is 443 g/mol. The molecule has 2 unspecified atom stereocenters. The van der Waals surface area contributed by atoms with Crippen LogP contribution in [0, 0.1) is 5.82 Å². The van der Waals surface area contributed by atoms with E-state index in [0.717, 1.165) is 34.5 Å². The van der Waals surface area contributed by atoms with E-state index in [4.69, 9.17) is 16.3 Å². The monoisotopic (exact) mass is 442 g/mol. The van der Waals surface area contributed by atoms with Crippen LogP contribution in [0.3, 0.4) is 0 Å². The van der Waals surface area contributed by atoms with Crippen LogP contribution in [0.2, 0.25) is 5.15 Å². The maximum Gasteiger partial charge on any atom is 0.407 e. The van der Waals surface area contributed by atoms with Crippen LogP contribution in [0.25, 0.3) is 11.1 Å². The van der Waals surface area contributed by atoms with Gasteiger partial charge in [-0.2, -0.15) is 0 Å². The van der Waals surface area contributed by atoms with E-state index >= 15 is 0 Å². The van der Waals surface area contributed by atoms with Crippen LogP contribution in [-0.2, 0) is 4.74 Å². The summed E-state index contributed by atoms with van der Waals surface area (Å²) in [5.74, 6) is -0.904. The standard InChI is InChI=1S/C23H20ClFN2O4/c24-21-9-17(19(25)10-26-21)22(29)20(28)11-27-23(30)31-12-18-15-7-3-1-5-13(15)14-6-2-4-8-16(14)18/h1-10,18,20,22,28-29H,11-12H2,(H,27,30). The van der Waals surface area contributed by atoms with E-state index in [-0.39, 0.29) is 29.8 Å². The molecule has 1 aliphatic carbocycles. The summed E-state index contributed by atoms with van der Waals surface area (Å²) in [6, 6.07) is 17.0. The van der Waals surface area contributed by atoms with Crippen LogP contribution < -0.4 is 5.32 Å². The summed E-state index contributed by atoms with van der Waals surface area (Å²) in [6.45, 7) is -0.218. The van der Waals surface area contributed by atoms with E-state index in [9.17, 15) is 19.4 Å². The quantitative estimate of drug-likeness (QED) is 0.505. The molecule has 0 bridgehead atoms. The predicted octanol–water partition coefficient (Wildman–Crippen LogP) is 3.81. The number of alkyl carbamates (subject to hydrolysis) is 1. The maximum atomic E-state index is 13.8. The topological polar surface area (TPSA) is 91.7 Å². The lowest BCUT2D eigenvalue weighted by atomic mass is 9.98. The maximum absolute atomic E-state index is 13.8. The summed E-state index contributed by atoms with van der Waals surface area (Å²) in [5, 5.41) is 22.7. The van der Waals surface area contributed by atoms with Crippen molar-refractivity contribution in [2.45, 2.75) is 18.1 Å². The van der Waals surface area contributed by atoms with Crippen molar-refractivity contribution in [3.05, 3.63) is 88.5 Å². The summed E-state index contributed by atoms with van der Waals surface area (Å²) < 4.78 is 19.2. The summed E-state index contributed by atoms with van der Waals surface area (Å²) in [4.78, 5) is 15.7. The molecule has 0 radical (unpaired) electrons. The molecular weight excluding hydrogens is 423 g/mol. The van der Waals surface area contributed by atoms with Gasteiger partial charge >= 0.3 is 6.09 Å². The van der Waals surface area contributed by atoms with Crippen molar-refractivity contribution >= 4 is 17.7 Å². The zero-order chi connectivity index (χ0) is 22.0. The summed E-state index contributed by atoms with van der Waals surface area (Å²) in [5.41, 5.74) is 4.18. The molecule has 1 heterocycles. The number of benzene rings is 2. The Morgan fingerprint density at radius 1 is 1.13 bits per heavy atom. The van der Waals surface area contributed by atoms with Crippen molar-refractivity contribution in [2.75, 3.05) is 13.2 Å². The highest BCUT2D eigenvalue weighted by atomic mass is 35.5. The molecule has 31 heavy (non-hydrogen) atoms. The number of aliphatic hydroxyl groups is 2. The highest BCUT2D eigenvalue weighted by molar-refractivity contribution is 6.29. The van der Waals surface area contributed by atoms with Crippen molar-refractivity contribution in [3.63, 3.8) is 0 Å². The zero-order valence-electron chi connectivity index (χ0n) is 16.3. The molecule has 3 aromatic rings. The number of nitrogens with one attached hydrogen (secondary N) is 1. The number of carbonyl (C=O) groups is 1. The fourth-order valence-corrected chi connectivity index (χ4v) is 3.98. The molecule has 1 aliphatic rings. The van der Waals surface area contributed by atoms with Crippen LogP contribution in [0.15, 0.2) is 60.8 Å². The first-order valence-corrected chi connectivity index (χ1v) is 10.1. The summed E-state index contributed by atoms with van der Waals surface area (Å²) >= 11 is 5.71. The Labute approximate surface area is 183 Å². The first kappa shape index (κ1) is 21.2. The first-order valence-electron chi connectivity index (χ1n) is 9.71. The number of ether oxygens (including phenoxy) is 1. The molecule has 4 rings (SSSR count). The lowest BCUT2D eigenvalue weighted by molar-refractivity contribution is 0.0165. The van der Waals surface area contributed by atoms with Gasteiger partial charge in [0.1, 0.15) is 29.8 Å². The molecule has 2 atom stereocenters. The van der Waals surface area contributed by atoms with Gasteiger partial charge in [0.15, 0.2) is 0 Å². The molecule has 0 saturated heterocycles. The van der Waals surface area contributed by atoms with E-state index in [2.05, 4.69) is 10.3 Å². The zero-order valence-corrected chi connectivity index (χ0v) is 17.1. The Hall–Kier alpha value is -3.00. The van der Waals surface area contributed by atoms with Crippen molar-refractivity contribution in [2.24, 2.45) is 0 Å². The molecule has 3 N–H and O–H groups in total. The van der Waals surface area contributed by atoms with Gasteiger partial charge in [-0.3, -0.25) is 0 Å². The Morgan fingerprint density at radius 3 is 2.39 bits per heavy atom. The van der Waals surface area contributed by atoms with Crippen LogP contribution >= 0.6 is 11.6 Å². The third-order valence-corrected chi connectivity index (χ3v) is 5.54. The molecule has 0 saturated carbocycles. The number of hydrogen-bond donors (Lipinski definition) is 3. The number of aliphatic hydroxyl groups excluding tert-OH is 2. The van der Waals surface area contributed by atoms with Crippen molar-refractivity contribution in [1.82, 2.24) is 10.3 Å². The van der Waals surface area contributed by atoms with Gasteiger partial charge in [0.25, 0.3) is 0 Å². The number of nitrogens with zero attached hydrogens (tertiary/aromatic N) is 1. The molecular formula is C23H20ClFN2O4. The van der Waals surface area contributed by atoms with Gasteiger partial charge < -0.3 is 20.3 Å². The minimum Gasteiger partial charge on any atom is -0.449 e. The third-order valence-electron chi connectivity index (χ3n) is 5.33. The molecule has 1 amide bonds. The number of rotatable bonds is 6. The van der Waals surface area contributed by atoms with Crippen molar-refractivity contribution in [3.8, 4) is 11.1 Å². The van der Waals surface area contributed by atoms with Crippen LogP contribution in [0.4, 0.5) is 9.18 Å². The fourth-order valence-electron chi connectivity index (χ4n) is 3.81. The smallest absolute Gasteiger partial charge is 0.407 e. The number of hydrogen-bond acceptors (Lipinski definition) is 5. The number of fused-ring (bicyclic) bond motifs is 3. The van der Waals surface area contributed by atoms with E-state index < -0.39 is 24.1 Å². The lowest BCUT2D eigenvalue weighted by Crippen LogP contribution is -2.36. The van der Waals surface area contributed by atoms with Crippen LogP contribution in [-0.4, -0.2) is 40.5 Å². The Morgan fingerprint density at radius 2 is 1.74 bits per heavy atom. The SMILES string of the molecule is O=C(NCC(O)C(O)c1cc(Cl)ncc1F)OCC1c2ccccc2-c2ccccc21. The number of pyridine rings is 1. The molecule has 0 spiro atoms. The molecule has 160 valence electrons. The summed E-state index contributed by atoms with van der Waals surface area (Å²) in [6.07, 6.45) is -2.95. The second-order valence-electron chi connectivity index (χ2n) is 7.25. The number of aromatic nitrogens is 1. The third kappa shape index (κ3) is 4.39. The molecule has 6 nitrogen and oxygen atoms in total. The summed E-state index contributed by atoms with van der Waals surface area (Å²) in [7, 11) is 0. The second-order valence-corrected chi connectivity index (χ2v) is 7.63.